The summed E-state index contributed by atoms with van der Waals surface area (Å²) < 4.78 is 0. The van der Waals surface area contributed by atoms with Crippen molar-refractivity contribution in [2.24, 2.45) is 0 Å². The van der Waals surface area contributed by atoms with Crippen LogP contribution in [0.4, 0.5) is 0 Å². The van der Waals surface area contributed by atoms with E-state index in [1.54, 1.807) is 0 Å². The second-order valence-electron chi connectivity index (χ2n) is 6.26. The number of aliphatic carboxylic acids is 1. The Hall–Kier alpha value is -2.40. The summed E-state index contributed by atoms with van der Waals surface area (Å²) in [6, 6.07) is 15.2. The van der Waals surface area contributed by atoms with E-state index in [2.05, 4.69) is 40.5 Å². The second kappa shape index (κ2) is 7.45. The SMILES string of the molecule is O=C(O)CNC(=O)CCN(Cc1cccc2ccccc12)C1CC1. The van der Waals surface area contributed by atoms with E-state index in [4.69, 9.17) is 5.11 Å². The highest BCUT2D eigenvalue weighted by atomic mass is 16.4. The van der Waals surface area contributed by atoms with Crippen molar-refractivity contribution >= 4 is 22.6 Å². The molecule has 1 amide bonds. The van der Waals surface area contributed by atoms with Crippen molar-refractivity contribution < 1.29 is 14.7 Å². The van der Waals surface area contributed by atoms with Crippen LogP contribution >= 0.6 is 0 Å². The lowest BCUT2D eigenvalue weighted by Crippen LogP contribution is -2.34. The van der Waals surface area contributed by atoms with Gasteiger partial charge in [-0.15, -0.1) is 0 Å². The van der Waals surface area contributed by atoms with Gasteiger partial charge >= 0.3 is 5.97 Å². The number of carboxylic acid groups (broad SMARTS) is 1. The number of amides is 1. The fraction of sp³-hybridized carbons (Fsp3) is 0.368. The summed E-state index contributed by atoms with van der Waals surface area (Å²) in [5.74, 6) is -1.22. The van der Waals surface area contributed by atoms with Crippen LogP contribution in [0.3, 0.4) is 0 Å². The first-order chi connectivity index (χ1) is 11.6. The van der Waals surface area contributed by atoms with E-state index >= 15 is 0 Å². The van der Waals surface area contributed by atoms with Gasteiger partial charge in [0.25, 0.3) is 0 Å². The van der Waals surface area contributed by atoms with E-state index < -0.39 is 5.97 Å². The first-order valence-corrected chi connectivity index (χ1v) is 8.32. The largest absolute Gasteiger partial charge is 0.480 e. The molecule has 0 aromatic heterocycles. The van der Waals surface area contributed by atoms with Gasteiger partial charge in [0, 0.05) is 25.6 Å². The van der Waals surface area contributed by atoms with Crippen molar-refractivity contribution in [3.63, 3.8) is 0 Å². The summed E-state index contributed by atoms with van der Waals surface area (Å²) in [6.07, 6.45) is 2.66. The summed E-state index contributed by atoms with van der Waals surface area (Å²) in [6.45, 7) is 1.16. The van der Waals surface area contributed by atoms with Crippen molar-refractivity contribution in [1.82, 2.24) is 10.2 Å². The lowest BCUT2D eigenvalue weighted by molar-refractivity contribution is -0.138. The molecule has 2 N–H and O–H groups in total. The Morgan fingerprint density at radius 1 is 1.12 bits per heavy atom. The second-order valence-corrected chi connectivity index (χ2v) is 6.26. The number of carbonyl (C=O) groups excluding carboxylic acids is 1. The first kappa shape index (κ1) is 16.5. The van der Waals surface area contributed by atoms with Gasteiger partial charge in [-0.25, -0.2) is 0 Å². The average Bonchev–Trinajstić information content (AvgIpc) is 3.41. The highest BCUT2D eigenvalue weighted by Gasteiger charge is 2.29. The standard InChI is InChI=1S/C19H22N2O3/c22-18(20-12-19(23)24)10-11-21(16-8-9-16)13-15-6-3-5-14-4-1-2-7-17(14)15/h1-7,16H,8-13H2,(H,20,22)(H,23,24). The molecule has 3 rings (SSSR count). The maximum atomic E-state index is 11.8. The predicted molar refractivity (Wildman–Crippen MR) is 92.6 cm³/mol. The minimum Gasteiger partial charge on any atom is -0.480 e. The summed E-state index contributed by atoms with van der Waals surface area (Å²) in [5.41, 5.74) is 1.27. The van der Waals surface area contributed by atoms with Crippen molar-refractivity contribution in [1.29, 1.82) is 0 Å². The van der Waals surface area contributed by atoms with Crippen LogP contribution in [0.5, 0.6) is 0 Å². The van der Waals surface area contributed by atoms with Gasteiger partial charge in [0.05, 0.1) is 0 Å². The number of carboxylic acids is 1. The van der Waals surface area contributed by atoms with Crippen molar-refractivity contribution in [2.45, 2.75) is 31.8 Å². The molecule has 0 saturated heterocycles. The molecule has 5 nitrogen and oxygen atoms in total. The van der Waals surface area contributed by atoms with Gasteiger partial charge < -0.3 is 10.4 Å². The van der Waals surface area contributed by atoms with Gasteiger partial charge in [-0.05, 0) is 29.2 Å². The molecule has 5 heteroatoms. The molecule has 1 saturated carbocycles. The molecule has 0 aliphatic heterocycles. The minimum absolute atomic E-state index is 0.207. The van der Waals surface area contributed by atoms with E-state index in [0.717, 1.165) is 6.54 Å². The summed E-state index contributed by atoms with van der Waals surface area (Å²) in [5, 5.41) is 13.5. The number of benzene rings is 2. The molecule has 0 radical (unpaired) electrons. The molecule has 1 aliphatic rings. The van der Waals surface area contributed by atoms with E-state index in [0.29, 0.717) is 19.0 Å². The Morgan fingerprint density at radius 2 is 1.88 bits per heavy atom. The third kappa shape index (κ3) is 4.32. The van der Waals surface area contributed by atoms with Crippen LogP contribution in [0.1, 0.15) is 24.8 Å². The third-order valence-electron chi connectivity index (χ3n) is 4.38. The fourth-order valence-corrected chi connectivity index (χ4v) is 2.99. The van der Waals surface area contributed by atoms with Crippen molar-refractivity contribution in [3.8, 4) is 0 Å². The van der Waals surface area contributed by atoms with Crippen LogP contribution in [-0.4, -0.2) is 41.0 Å². The Balaban J connectivity index is 1.64. The molecule has 0 heterocycles. The Morgan fingerprint density at radius 3 is 2.62 bits per heavy atom. The number of rotatable bonds is 8. The van der Waals surface area contributed by atoms with Crippen molar-refractivity contribution in [3.05, 3.63) is 48.0 Å². The van der Waals surface area contributed by atoms with Gasteiger partial charge in [0.15, 0.2) is 0 Å². The number of carbonyl (C=O) groups is 2. The molecule has 0 atom stereocenters. The Kier molecular flexibility index (Phi) is 5.11. The molecular weight excluding hydrogens is 304 g/mol. The number of nitrogens with one attached hydrogen (secondary N) is 1. The van der Waals surface area contributed by atoms with E-state index in [-0.39, 0.29) is 12.5 Å². The van der Waals surface area contributed by atoms with E-state index in [1.807, 2.05) is 12.1 Å². The van der Waals surface area contributed by atoms with Crippen LogP contribution < -0.4 is 5.32 Å². The number of hydrogen-bond donors (Lipinski definition) is 2. The Labute approximate surface area is 141 Å². The zero-order valence-corrected chi connectivity index (χ0v) is 13.6. The smallest absolute Gasteiger partial charge is 0.322 e. The predicted octanol–water partition coefficient (Wildman–Crippen LogP) is 2.40. The van der Waals surface area contributed by atoms with Gasteiger partial charge in [0.2, 0.25) is 5.91 Å². The molecule has 0 bridgehead atoms. The van der Waals surface area contributed by atoms with Gasteiger partial charge in [-0.2, -0.15) is 0 Å². The van der Waals surface area contributed by atoms with Gasteiger partial charge in [-0.3, -0.25) is 14.5 Å². The van der Waals surface area contributed by atoms with Gasteiger partial charge in [-0.1, -0.05) is 42.5 Å². The zero-order valence-electron chi connectivity index (χ0n) is 13.6. The van der Waals surface area contributed by atoms with Crippen molar-refractivity contribution in [2.75, 3.05) is 13.1 Å². The Bertz CT molecular complexity index is 735. The topological polar surface area (TPSA) is 69.6 Å². The lowest BCUT2D eigenvalue weighted by atomic mass is 10.0. The number of hydrogen-bond acceptors (Lipinski definition) is 3. The van der Waals surface area contributed by atoms with Crippen LogP contribution in [0.25, 0.3) is 10.8 Å². The maximum Gasteiger partial charge on any atom is 0.322 e. The number of nitrogens with zero attached hydrogens (tertiary/aromatic N) is 1. The van der Waals surface area contributed by atoms with Crippen LogP contribution in [0.15, 0.2) is 42.5 Å². The molecule has 1 fully saturated rings. The zero-order chi connectivity index (χ0) is 16.9. The molecule has 0 unspecified atom stereocenters. The molecule has 2 aromatic rings. The monoisotopic (exact) mass is 326 g/mol. The first-order valence-electron chi connectivity index (χ1n) is 8.32. The third-order valence-corrected chi connectivity index (χ3v) is 4.38. The maximum absolute atomic E-state index is 11.8. The van der Waals surface area contributed by atoms with Crippen LogP contribution in [0.2, 0.25) is 0 Å². The molecule has 126 valence electrons. The summed E-state index contributed by atoms with van der Waals surface area (Å²) in [4.78, 5) is 24.6. The van der Waals surface area contributed by atoms with Gasteiger partial charge in [0.1, 0.15) is 6.54 Å². The highest BCUT2D eigenvalue weighted by molar-refractivity contribution is 5.85. The lowest BCUT2D eigenvalue weighted by Gasteiger charge is -2.22. The number of fused-ring (bicyclic) bond motifs is 1. The molecule has 2 aromatic carbocycles. The van der Waals surface area contributed by atoms with Crippen LogP contribution in [-0.2, 0) is 16.1 Å². The summed E-state index contributed by atoms with van der Waals surface area (Å²) >= 11 is 0. The van der Waals surface area contributed by atoms with E-state index in [9.17, 15) is 9.59 Å². The van der Waals surface area contributed by atoms with E-state index in [1.165, 1.54) is 29.2 Å². The quantitative estimate of drug-likeness (QED) is 0.781. The molecule has 0 spiro atoms. The normalized spacial score (nSPS) is 14.0. The van der Waals surface area contributed by atoms with Crippen LogP contribution in [0, 0.1) is 0 Å². The summed E-state index contributed by atoms with van der Waals surface area (Å²) in [7, 11) is 0. The average molecular weight is 326 g/mol. The molecular formula is C19H22N2O3. The highest BCUT2D eigenvalue weighted by Crippen LogP contribution is 2.30. The molecule has 24 heavy (non-hydrogen) atoms. The molecule has 1 aliphatic carbocycles. The fourth-order valence-electron chi connectivity index (χ4n) is 2.99. The minimum atomic E-state index is -1.02.